The van der Waals surface area contributed by atoms with E-state index in [4.69, 9.17) is 4.74 Å². The summed E-state index contributed by atoms with van der Waals surface area (Å²) in [4.78, 5) is 16.9. The lowest BCUT2D eigenvalue weighted by Crippen LogP contribution is -2.35. The fourth-order valence-corrected chi connectivity index (χ4v) is 3.70. The van der Waals surface area contributed by atoms with Crippen LogP contribution in [-0.4, -0.2) is 61.6 Å². The van der Waals surface area contributed by atoms with E-state index in [1.807, 2.05) is 0 Å². The number of carbonyl (C=O) groups excluding carboxylic acids is 1. The molecule has 1 aromatic carbocycles. The molecule has 2 saturated heterocycles. The smallest absolute Gasteiger partial charge is 0.223 e. The predicted molar refractivity (Wildman–Crippen MR) is 95.9 cm³/mol. The number of ether oxygens (including phenoxy) is 1. The molecule has 24 heavy (non-hydrogen) atoms. The molecule has 0 aromatic heterocycles. The minimum absolute atomic E-state index is 0.333. The minimum atomic E-state index is 0.333. The van der Waals surface area contributed by atoms with Crippen molar-refractivity contribution in [3.8, 4) is 0 Å². The Hall–Kier alpha value is -1.39. The highest BCUT2D eigenvalue weighted by Gasteiger charge is 2.24. The Morgan fingerprint density at radius 3 is 2.75 bits per heavy atom. The number of hydrogen-bond acceptors (Lipinski definition) is 3. The average Bonchev–Trinajstić information content (AvgIpc) is 3.05. The maximum atomic E-state index is 12.3. The second kappa shape index (κ2) is 9.19. The van der Waals surface area contributed by atoms with Crippen LogP contribution >= 0.6 is 0 Å². The Kier molecular flexibility index (Phi) is 6.67. The van der Waals surface area contributed by atoms with Crippen LogP contribution in [0.25, 0.3) is 0 Å². The summed E-state index contributed by atoms with van der Waals surface area (Å²) in [7, 11) is 0. The molecule has 2 heterocycles. The highest BCUT2D eigenvalue weighted by Crippen LogP contribution is 2.16. The summed E-state index contributed by atoms with van der Waals surface area (Å²) in [5.74, 6) is 0.998. The summed E-state index contributed by atoms with van der Waals surface area (Å²) in [5, 5.41) is 0. The van der Waals surface area contributed by atoms with Gasteiger partial charge in [-0.25, -0.2) is 0 Å². The van der Waals surface area contributed by atoms with Crippen molar-refractivity contribution in [2.24, 2.45) is 5.92 Å². The summed E-state index contributed by atoms with van der Waals surface area (Å²) < 4.78 is 5.47. The molecular formula is C20H30N2O2. The lowest BCUT2D eigenvalue weighted by molar-refractivity contribution is -0.130. The third-order valence-electron chi connectivity index (χ3n) is 5.21. The summed E-state index contributed by atoms with van der Waals surface area (Å²) in [6.07, 6.45) is 5.20. The van der Waals surface area contributed by atoms with Gasteiger partial charge in [-0.2, -0.15) is 0 Å². The zero-order valence-corrected chi connectivity index (χ0v) is 14.7. The van der Waals surface area contributed by atoms with Gasteiger partial charge in [-0.1, -0.05) is 30.3 Å². The quantitative estimate of drug-likeness (QED) is 0.721. The number of hydrogen-bond donors (Lipinski definition) is 0. The van der Waals surface area contributed by atoms with Crippen molar-refractivity contribution in [1.29, 1.82) is 0 Å². The van der Waals surface area contributed by atoms with E-state index in [1.165, 1.54) is 12.0 Å². The standard InChI is InChI=1S/C20H30N2O2/c23-20-9-12-21(16-19-10-15-24-17-19)13-14-22(20)11-5-4-8-18-6-2-1-3-7-18/h1-3,6-7,19H,4-5,8-17H2. The van der Waals surface area contributed by atoms with E-state index in [-0.39, 0.29) is 0 Å². The molecule has 0 spiro atoms. The Bertz CT molecular complexity index is 500. The molecule has 1 atom stereocenters. The normalized spacial score (nSPS) is 22.8. The summed E-state index contributed by atoms with van der Waals surface area (Å²) in [6, 6.07) is 10.6. The first-order valence-electron chi connectivity index (χ1n) is 9.43. The molecule has 1 amide bonds. The number of carbonyl (C=O) groups is 1. The number of aryl methyl sites for hydroxylation is 1. The Morgan fingerprint density at radius 1 is 1.08 bits per heavy atom. The second-order valence-electron chi connectivity index (χ2n) is 7.10. The molecule has 4 heteroatoms. The first kappa shape index (κ1) is 17.4. The van der Waals surface area contributed by atoms with Crippen LogP contribution in [0.4, 0.5) is 0 Å². The molecule has 2 aliphatic rings. The fraction of sp³-hybridized carbons (Fsp3) is 0.650. The monoisotopic (exact) mass is 330 g/mol. The first-order valence-corrected chi connectivity index (χ1v) is 9.43. The SMILES string of the molecule is O=C1CCN(CC2CCOC2)CCN1CCCCc1ccccc1. The number of unbranched alkanes of at least 4 members (excludes halogenated alkanes) is 1. The molecule has 0 saturated carbocycles. The van der Waals surface area contributed by atoms with Gasteiger partial charge < -0.3 is 14.5 Å². The van der Waals surface area contributed by atoms with Gasteiger partial charge in [0.25, 0.3) is 0 Å². The lowest BCUT2D eigenvalue weighted by atomic mass is 10.1. The van der Waals surface area contributed by atoms with Gasteiger partial charge in [-0.05, 0) is 37.2 Å². The second-order valence-corrected chi connectivity index (χ2v) is 7.10. The van der Waals surface area contributed by atoms with Gasteiger partial charge in [0.1, 0.15) is 0 Å². The fourth-order valence-electron chi connectivity index (χ4n) is 3.70. The predicted octanol–water partition coefficient (Wildman–Crippen LogP) is 2.58. The molecule has 2 fully saturated rings. The highest BCUT2D eigenvalue weighted by atomic mass is 16.5. The molecule has 132 valence electrons. The van der Waals surface area contributed by atoms with Crippen LogP contribution < -0.4 is 0 Å². The molecule has 3 rings (SSSR count). The molecule has 0 bridgehead atoms. The van der Waals surface area contributed by atoms with Crippen LogP contribution in [0.1, 0.15) is 31.2 Å². The Morgan fingerprint density at radius 2 is 1.96 bits per heavy atom. The lowest BCUT2D eigenvalue weighted by Gasteiger charge is -2.23. The van der Waals surface area contributed by atoms with E-state index >= 15 is 0 Å². The molecule has 1 unspecified atom stereocenters. The number of amides is 1. The van der Waals surface area contributed by atoms with Crippen LogP contribution in [0.15, 0.2) is 30.3 Å². The van der Waals surface area contributed by atoms with Crippen molar-refractivity contribution in [3.05, 3.63) is 35.9 Å². The summed E-state index contributed by atoms with van der Waals surface area (Å²) in [5.41, 5.74) is 1.39. The zero-order valence-electron chi connectivity index (χ0n) is 14.7. The number of nitrogens with zero attached hydrogens (tertiary/aromatic N) is 2. The van der Waals surface area contributed by atoms with E-state index in [1.54, 1.807) is 0 Å². The third kappa shape index (κ3) is 5.32. The van der Waals surface area contributed by atoms with Crippen LogP contribution in [0, 0.1) is 5.92 Å². The summed E-state index contributed by atoms with van der Waals surface area (Å²) in [6.45, 7) is 6.62. The van der Waals surface area contributed by atoms with E-state index in [9.17, 15) is 4.79 Å². The van der Waals surface area contributed by atoms with Crippen molar-refractivity contribution in [2.75, 3.05) is 45.9 Å². The molecule has 0 N–H and O–H groups in total. The number of benzene rings is 1. The van der Waals surface area contributed by atoms with Crippen molar-refractivity contribution in [1.82, 2.24) is 9.80 Å². The third-order valence-corrected chi connectivity index (χ3v) is 5.21. The zero-order chi connectivity index (χ0) is 16.6. The van der Waals surface area contributed by atoms with Gasteiger partial charge in [0.15, 0.2) is 0 Å². The van der Waals surface area contributed by atoms with Crippen LogP contribution in [0.3, 0.4) is 0 Å². The first-order chi connectivity index (χ1) is 11.8. The molecule has 1 aromatic rings. The van der Waals surface area contributed by atoms with Crippen LogP contribution in [0.5, 0.6) is 0 Å². The van der Waals surface area contributed by atoms with Gasteiger partial charge in [-0.3, -0.25) is 4.79 Å². The Balaban J connectivity index is 1.37. The van der Waals surface area contributed by atoms with Gasteiger partial charge in [0.2, 0.25) is 5.91 Å². The van der Waals surface area contributed by atoms with E-state index in [2.05, 4.69) is 40.1 Å². The largest absolute Gasteiger partial charge is 0.381 e. The summed E-state index contributed by atoms with van der Waals surface area (Å²) >= 11 is 0. The van der Waals surface area contributed by atoms with Crippen molar-refractivity contribution in [3.63, 3.8) is 0 Å². The molecule has 2 aliphatic heterocycles. The van der Waals surface area contributed by atoms with Gasteiger partial charge in [0.05, 0.1) is 6.61 Å². The van der Waals surface area contributed by atoms with Crippen molar-refractivity contribution in [2.45, 2.75) is 32.1 Å². The van der Waals surface area contributed by atoms with Gasteiger partial charge >= 0.3 is 0 Å². The van der Waals surface area contributed by atoms with Crippen LogP contribution in [-0.2, 0) is 16.0 Å². The number of rotatable bonds is 7. The maximum absolute atomic E-state index is 12.3. The highest BCUT2D eigenvalue weighted by molar-refractivity contribution is 5.76. The van der Waals surface area contributed by atoms with E-state index < -0.39 is 0 Å². The molecule has 0 aliphatic carbocycles. The van der Waals surface area contributed by atoms with Crippen LogP contribution in [0.2, 0.25) is 0 Å². The molecular weight excluding hydrogens is 300 g/mol. The maximum Gasteiger partial charge on any atom is 0.223 e. The topological polar surface area (TPSA) is 32.8 Å². The van der Waals surface area contributed by atoms with E-state index in [0.717, 1.165) is 65.2 Å². The minimum Gasteiger partial charge on any atom is -0.381 e. The van der Waals surface area contributed by atoms with Gasteiger partial charge in [0, 0.05) is 45.8 Å². The Labute approximate surface area is 145 Å². The van der Waals surface area contributed by atoms with Gasteiger partial charge in [-0.15, -0.1) is 0 Å². The van der Waals surface area contributed by atoms with Crippen molar-refractivity contribution < 1.29 is 9.53 Å². The molecule has 0 radical (unpaired) electrons. The van der Waals surface area contributed by atoms with Crippen molar-refractivity contribution >= 4 is 5.91 Å². The van der Waals surface area contributed by atoms with E-state index in [0.29, 0.717) is 18.2 Å². The molecule has 4 nitrogen and oxygen atoms in total. The average molecular weight is 330 g/mol.